The van der Waals surface area contributed by atoms with Crippen LogP contribution in [-0.2, 0) is 16.0 Å². The molecule has 2 aliphatic rings. The highest BCUT2D eigenvalue weighted by atomic mass is 19.1. The maximum Gasteiger partial charge on any atom is 0.227 e. The van der Waals surface area contributed by atoms with Crippen LogP contribution >= 0.6 is 0 Å². The largest absolute Gasteiger partial charge is 0.396 e. The van der Waals surface area contributed by atoms with Crippen molar-refractivity contribution in [2.45, 2.75) is 6.42 Å². The number of halogens is 1. The van der Waals surface area contributed by atoms with Crippen LogP contribution in [0, 0.1) is 17.7 Å². The van der Waals surface area contributed by atoms with Gasteiger partial charge >= 0.3 is 0 Å². The van der Waals surface area contributed by atoms with Crippen LogP contribution in [0.4, 0.5) is 4.39 Å². The number of ether oxygens (including phenoxy) is 1. The Bertz CT molecular complexity index is 563. The second-order valence-corrected chi connectivity index (χ2v) is 6.68. The fourth-order valence-corrected chi connectivity index (χ4v) is 3.59. The fraction of sp³-hybridized carbons (Fsp3) is 0.611. The third-order valence-electron chi connectivity index (χ3n) is 5.06. The monoisotopic (exact) mass is 336 g/mol. The molecule has 2 heterocycles. The second-order valence-electron chi connectivity index (χ2n) is 6.68. The number of benzene rings is 1. The van der Waals surface area contributed by atoms with Crippen molar-refractivity contribution in [1.29, 1.82) is 0 Å². The number of morpholine rings is 1. The predicted octanol–water partition coefficient (Wildman–Crippen LogP) is 0.767. The number of hydrogen-bond donors (Lipinski definition) is 1. The first-order valence-corrected chi connectivity index (χ1v) is 8.59. The minimum Gasteiger partial charge on any atom is -0.396 e. The third kappa shape index (κ3) is 4.12. The van der Waals surface area contributed by atoms with E-state index in [0.29, 0.717) is 18.7 Å². The summed E-state index contributed by atoms with van der Waals surface area (Å²) >= 11 is 0. The van der Waals surface area contributed by atoms with E-state index in [0.717, 1.165) is 32.8 Å². The summed E-state index contributed by atoms with van der Waals surface area (Å²) in [5.41, 5.74) is 0.430. The zero-order valence-corrected chi connectivity index (χ0v) is 13.9. The molecule has 0 bridgehead atoms. The molecule has 0 radical (unpaired) electrons. The number of amides is 1. The lowest BCUT2D eigenvalue weighted by Gasteiger charge is -2.30. The van der Waals surface area contributed by atoms with Crippen LogP contribution in [0.5, 0.6) is 0 Å². The average Bonchev–Trinajstić information content (AvgIpc) is 3.01. The number of aliphatic hydroxyl groups excluding tert-OH is 1. The SMILES string of the molecule is O=C(Cc1ccccc1F)N1C[C@@H](CN2CCOCC2)[C@@H](CO)C1. The molecule has 3 rings (SSSR count). The Kier molecular flexibility index (Phi) is 5.81. The lowest BCUT2D eigenvalue weighted by atomic mass is 9.96. The van der Waals surface area contributed by atoms with E-state index >= 15 is 0 Å². The zero-order valence-electron chi connectivity index (χ0n) is 13.9. The molecule has 1 aromatic carbocycles. The van der Waals surface area contributed by atoms with Crippen LogP contribution < -0.4 is 0 Å². The normalized spacial score (nSPS) is 25.2. The van der Waals surface area contributed by atoms with E-state index in [1.165, 1.54) is 6.07 Å². The second kappa shape index (κ2) is 8.05. The van der Waals surface area contributed by atoms with Crippen LogP contribution in [0.15, 0.2) is 24.3 Å². The first-order valence-electron chi connectivity index (χ1n) is 8.59. The van der Waals surface area contributed by atoms with Gasteiger partial charge in [-0.15, -0.1) is 0 Å². The van der Waals surface area contributed by atoms with E-state index in [9.17, 15) is 14.3 Å². The number of rotatable bonds is 5. The molecule has 2 saturated heterocycles. The Labute approximate surface area is 142 Å². The van der Waals surface area contributed by atoms with Gasteiger partial charge in [0.15, 0.2) is 0 Å². The maximum absolute atomic E-state index is 13.7. The van der Waals surface area contributed by atoms with Crippen LogP contribution in [0.1, 0.15) is 5.56 Å². The first-order chi connectivity index (χ1) is 11.7. The molecule has 132 valence electrons. The molecule has 2 aliphatic heterocycles. The highest BCUT2D eigenvalue weighted by molar-refractivity contribution is 5.79. The summed E-state index contributed by atoms with van der Waals surface area (Å²) in [5.74, 6) is -0.0493. The lowest BCUT2D eigenvalue weighted by Crippen LogP contribution is -2.41. The Hall–Kier alpha value is -1.50. The molecule has 0 spiro atoms. The molecular weight excluding hydrogens is 311 g/mol. The van der Waals surface area contributed by atoms with Crippen molar-refractivity contribution < 1.29 is 19.0 Å². The zero-order chi connectivity index (χ0) is 16.9. The van der Waals surface area contributed by atoms with Crippen molar-refractivity contribution in [1.82, 2.24) is 9.80 Å². The van der Waals surface area contributed by atoms with Crippen LogP contribution in [0.3, 0.4) is 0 Å². The first kappa shape index (κ1) is 17.3. The molecule has 24 heavy (non-hydrogen) atoms. The van der Waals surface area contributed by atoms with Gasteiger partial charge in [0.2, 0.25) is 5.91 Å². The molecule has 6 heteroatoms. The molecular formula is C18H25FN2O3. The van der Waals surface area contributed by atoms with Crippen LogP contribution in [-0.4, -0.2) is 73.4 Å². The smallest absolute Gasteiger partial charge is 0.227 e. The van der Waals surface area contributed by atoms with Gasteiger partial charge in [0.05, 0.1) is 19.6 Å². The highest BCUT2D eigenvalue weighted by Crippen LogP contribution is 2.25. The summed E-state index contributed by atoms with van der Waals surface area (Å²) in [6, 6.07) is 6.40. The summed E-state index contributed by atoms with van der Waals surface area (Å²) in [6.45, 7) is 5.43. The summed E-state index contributed by atoms with van der Waals surface area (Å²) in [7, 11) is 0. The summed E-state index contributed by atoms with van der Waals surface area (Å²) in [4.78, 5) is 16.6. The van der Waals surface area contributed by atoms with Crippen LogP contribution in [0.25, 0.3) is 0 Å². The molecule has 1 N–H and O–H groups in total. The molecule has 0 aliphatic carbocycles. The summed E-state index contributed by atoms with van der Waals surface area (Å²) < 4.78 is 19.1. The van der Waals surface area contributed by atoms with Crippen molar-refractivity contribution in [3.8, 4) is 0 Å². The summed E-state index contributed by atoms with van der Waals surface area (Å²) in [5, 5.41) is 9.66. The van der Waals surface area contributed by atoms with Gasteiger partial charge in [-0.2, -0.15) is 0 Å². The Morgan fingerprint density at radius 1 is 1.21 bits per heavy atom. The molecule has 0 aromatic heterocycles. The minimum atomic E-state index is -0.339. The van der Waals surface area contributed by atoms with Crippen molar-refractivity contribution >= 4 is 5.91 Å². The van der Waals surface area contributed by atoms with Crippen molar-refractivity contribution in [3.63, 3.8) is 0 Å². The average molecular weight is 336 g/mol. The lowest BCUT2D eigenvalue weighted by molar-refractivity contribution is -0.129. The third-order valence-corrected chi connectivity index (χ3v) is 5.06. The van der Waals surface area contributed by atoms with Crippen LogP contribution in [0.2, 0.25) is 0 Å². The van der Waals surface area contributed by atoms with E-state index in [-0.39, 0.29) is 36.6 Å². The maximum atomic E-state index is 13.7. The minimum absolute atomic E-state index is 0.0666. The van der Waals surface area contributed by atoms with E-state index in [4.69, 9.17) is 4.74 Å². The van der Waals surface area contributed by atoms with Gasteiger partial charge in [-0.05, 0) is 17.5 Å². The number of nitrogens with zero attached hydrogens (tertiary/aromatic N) is 2. The summed E-state index contributed by atoms with van der Waals surface area (Å²) in [6.07, 6.45) is 0.0785. The van der Waals surface area contributed by atoms with Gasteiger partial charge in [0.1, 0.15) is 5.82 Å². The molecule has 1 aromatic rings. The fourth-order valence-electron chi connectivity index (χ4n) is 3.59. The van der Waals surface area contributed by atoms with Gasteiger partial charge in [-0.1, -0.05) is 18.2 Å². The Morgan fingerprint density at radius 3 is 2.62 bits per heavy atom. The molecule has 2 fully saturated rings. The molecule has 1 amide bonds. The highest BCUT2D eigenvalue weighted by Gasteiger charge is 2.35. The van der Waals surface area contributed by atoms with Gasteiger partial charge in [-0.25, -0.2) is 4.39 Å². The van der Waals surface area contributed by atoms with Gasteiger partial charge < -0.3 is 14.7 Å². The predicted molar refractivity (Wildman–Crippen MR) is 88.0 cm³/mol. The van der Waals surface area contributed by atoms with Gasteiger partial charge in [0.25, 0.3) is 0 Å². The Balaban J connectivity index is 1.58. The van der Waals surface area contributed by atoms with Crippen molar-refractivity contribution in [2.75, 3.05) is 52.5 Å². The van der Waals surface area contributed by atoms with E-state index in [1.807, 2.05) is 0 Å². The number of carbonyl (C=O) groups excluding carboxylic acids is 1. The topological polar surface area (TPSA) is 53.0 Å². The molecule has 5 nitrogen and oxygen atoms in total. The molecule has 0 saturated carbocycles. The number of aliphatic hydroxyl groups is 1. The van der Waals surface area contributed by atoms with Gasteiger partial charge in [0, 0.05) is 45.2 Å². The quantitative estimate of drug-likeness (QED) is 0.863. The van der Waals surface area contributed by atoms with Crippen molar-refractivity contribution in [3.05, 3.63) is 35.6 Å². The number of likely N-dealkylation sites (tertiary alicyclic amines) is 1. The van der Waals surface area contributed by atoms with E-state index in [2.05, 4.69) is 4.90 Å². The number of hydrogen-bond acceptors (Lipinski definition) is 4. The van der Waals surface area contributed by atoms with E-state index in [1.54, 1.807) is 23.1 Å². The molecule has 0 unspecified atom stereocenters. The Morgan fingerprint density at radius 2 is 1.92 bits per heavy atom. The standard InChI is InChI=1S/C18H25FN2O3/c19-17-4-2-1-3-14(17)9-18(23)21-11-15(16(12-21)13-22)10-20-5-7-24-8-6-20/h1-4,15-16,22H,5-13H2/t15-,16-/m1/s1. The number of carbonyl (C=O) groups is 1. The van der Waals surface area contributed by atoms with Crippen molar-refractivity contribution in [2.24, 2.45) is 11.8 Å². The van der Waals surface area contributed by atoms with E-state index < -0.39 is 0 Å². The molecule has 2 atom stereocenters. The van der Waals surface area contributed by atoms with Gasteiger partial charge in [-0.3, -0.25) is 9.69 Å².